The number of hydrogen-bond donors (Lipinski definition) is 0. The zero-order valence-corrected chi connectivity index (χ0v) is 11.3. The lowest BCUT2D eigenvalue weighted by molar-refractivity contribution is 0.0297. The second kappa shape index (κ2) is 6.11. The minimum absolute atomic E-state index is 0.152. The molecular formula is C14H14FN3O3. The predicted octanol–water partition coefficient (Wildman–Crippen LogP) is 1.52. The minimum atomic E-state index is -0.487. The molecule has 1 fully saturated rings. The number of nitrogens with zero attached hydrogens (tertiary/aromatic N) is 3. The average molecular weight is 291 g/mol. The molecule has 1 aromatic carbocycles. The smallest absolute Gasteiger partial charge is 0.241 e. The molecular weight excluding hydrogens is 277 g/mol. The van der Waals surface area contributed by atoms with E-state index >= 15 is 0 Å². The Balaban J connectivity index is 1.79. The molecule has 0 unspecified atom stereocenters. The lowest BCUT2D eigenvalue weighted by atomic mass is 10.1. The fourth-order valence-electron chi connectivity index (χ4n) is 2.17. The molecule has 6 nitrogen and oxygen atoms in total. The van der Waals surface area contributed by atoms with Crippen molar-refractivity contribution in [2.45, 2.75) is 6.54 Å². The van der Waals surface area contributed by atoms with Gasteiger partial charge in [-0.1, -0.05) is 5.16 Å². The number of rotatable bonds is 4. The van der Waals surface area contributed by atoms with Crippen molar-refractivity contribution in [1.82, 2.24) is 15.0 Å². The molecule has 0 saturated carbocycles. The summed E-state index contributed by atoms with van der Waals surface area (Å²) in [5.74, 6) is 0.0848. The van der Waals surface area contributed by atoms with Crippen LogP contribution in [0.2, 0.25) is 0 Å². The summed E-state index contributed by atoms with van der Waals surface area (Å²) in [4.78, 5) is 17.1. The van der Waals surface area contributed by atoms with Crippen molar-refractivity contribution in [2.75, 3.05) is 26.3 Å². The van der Waals surface area contributed by atoms with Crippen molar-refractivity contribution in [2.24, 2.45) is 0 Å². The number of hydrogen-bond acceptors (Lipinski definition) is 6. The van der Waals surface area contributed by atoms with E-state index in [0.717, 1.165) is 13.1 Å². The molecule has 1 saturated heterocycles. The van der Waals surface area contributed by atoms with E-state index in [1.54, 1.807) is 0 Å². The highest BCUT2D eigenvalue weighted by molar-refractivity contribution is 5.77. The summed E-state index contributed by atoms with van der Waals surface area (Å²) in [7, 11) is 0. The molecule has 1 aliphatic heterocycles. The first-order chi connectivity index (χ1) is 10.3. The monoisotopic (exact) mass is 291 g/mol. The lowest BCUT2D eigenvalue weighted by Crippen LogP contribution is -2.35. The maximum atomic E-state index is 13.8. The zero-order chi connectivity index (χ0) is 14.7. The van der Waals surface area contributed by atoms with Crippen LogP contribution in [-0.2, 0) is 11.3 Å². The summed E-state index contributed by atoms with van der Waals surface area (Å²) >= 11 is 0. The van der Waals surface area contributed by atoms with Crippen LogP contribution in [0.5, 0.6) is 0 Å². The number of aldehydes is 1. The van der Waals surface area contributed by atoms with Crippen molar-refractivity contribution in [3.05, 3.63) is 35.5 Å². The molecule has 2 aromatic rings. The maximum absolute atomic E-state index is 13.8. The second-order valence-corrected chi connectivity index (χ2v) is 4.76. The predicted molar refractivity (Wildman–Crippen MR) is 71.2 cm³/mol. The topological polar surface area (TPSA) is 68.5 Å². The number of carbonyl (C=O) groups excluding carboxylic acids is 1. The van der Waals surface area contributed by atoms with Gasteiger partial charge in [0.2, 0.25) is 11.7 Å². The molecule has 1 aliphatic rings. The molecule has 0 atom stereocenters. The van der Waals surface area contributed by atoms with Crippen molar-refractivity contribution < 1.29 is 18.4 Å². The Morgan fingerprint density at radius 1 is 1.33 bits per heavy atom. The van der Waals surface area contributed by atoms with Gasteiger partial charge in [0, 0.05) is 18.7 Å². The summed E-state index contributed by atoms with van der Waals surface area (Å²) in [5, 5.41) is 3.79. The Kier molecular flexibility index (Phi) is 4.03. The normalized spacial score (nSPS) is 16.0. The van der Waals surface area contributed by atoms with Crippen LogP contribution in [0, 0.1) is 5.82 Å². The molecule has 21 heavy (non-hydrogen) atoms. The molecule has 7 heteroatoms. The van der Waals surface area contributed by atoms with Crippen molar-refractivity contribution in [1.29, 1.82) is 0 Å². The van der Waals surface area contributed by atoms with Gasteiger partial charge in [0.25, 0.3) is 0 Å². The highest BCUT2D eigenvalue weighted by Crippen LogP contribution is 2.21. The molecule has 1 aromatic heterocycles. The van der Waals surface area contributed by atoms with Crippen LogP contribution in [0.4, 0.5) is 4.39 Å². The van der Waals surface area contributed by atoms with Gasteiger partial charge in [-0.3, -0.25) is 9.69 Å². The van der Waals surface area contributed by atoms with Gasteiger partial charge in [0.1, 0.15) is 12.1 Å². The van der Waals surface area contributed by atoms with Crippen LogP contribution < -0.4 is 0 Å². The van der Waals surface area contributed by atoms with Gasteiger partial charge in [0.15, 0.2) is 0 Å². The summed E-state index contributed by atoms with van der Waals surface area (Å²) in [6.07, 6.45) is 0.650. The first-order valence-corrected chi connectivity index (χ1v) is 6.64. The Labute approximate surface area is 120 Å². The third kappa shape index (κ3) is 3.14. The standard InChI is InChI=1S/C14H14FN3O3/c15-12-2-1-10(9-19)7-11(12)14-16-13(21-17-14)8-18-3-5-20-6-4-18/h1-2,7,9H,3-6,8H2. The molecule has 0 radical (unpaired) electrons. The number of aromatic nitrogens is 2. The summed E-state index contributed by atoms with van der Waals surface area (Å²) in [6.45, 7) is 3.46. The molecule has 0 bridgehead atoms. The first kappa shape index (κ1) is 13.8. The molecule has 2 heterocycles. The third-order valence-corrected chi connectivity index (χ3v) is 3.30. The van der Waals surface area contributed by atoms with Crippen LogP contribution in [0.15, 0.2) is 22.7 Å². The SMILES string of the molecule is O=Cc1ccc(F)c(-c2noc(CN3CCOCC3)n2)c1. The van der Waals surface area contributed by atoms with E-state index < -0.39 is 5.82 Å². The van der Waals surface area contributed by atoms with E-state index in [0.29, 0.717) is 37.5 Å². The molecule has 0 spiro atoms. The average Bonchev–Trinajstić information content (AvgIpc) is 2.97. The van der Waals surface area contributed by atoms with E-state index in [9.17, 15) is 9.18 Å². The zero-order valence-electron chi connectivity index (χ0n) is 11.3. The van der Waals surface area contributed by atoms with E-state index in [2.05, 4.69) is 15.0 Å². The molecule has 3 rings (SSSR count). The fourth-order valence-corrected chi connectivity index (χ4v) is 2.17. The van der Waals surface area contributed by atoms with E-state index in [1.165, 1.54) is 18.2 Å². The van der Waals surface area contributed by atoms with Crippen LogP contribution in [0.1, 0.15) is 16.2 Å². The molecule has 0 amide bonds. The van der Waals surface area contributed by atoms with Crippen molar-refractivity contribution in [3.8, 4) is 11.4 Å². The van der Waals surface area contributed by atoms with Gasteiger partial charge in [0.05, 0.1) is 25.3 Å². The van der Waals surface area contributed by atoms with Gasteiger partial charge in [-0.25, -0.2) is 4.39 Å². The number of ether oxygens (including phenoxy) is 1. The molecule has 0 aliphatic carbocycles. The largest absolute Gasteiger partial charge is 0.379 e. The Morgan fingerprint density at radius 3 is 2.90 bits per heavy atom. The summed E-state index contributed by atoms with van der Waals surface area (Å²) < 4.78 is 24.2. The van der Waals surface area contributed by atoms with Crippen molar-refractivity contribution in [3.63, 3.8) is 0 Å². The Morgan fingerprint density at radius 2 is 2.14 bits per heavy atom. The first-order valence-electron chi connectivity index (χ1n) is 6.64. The van der Waals surface area contributed by atoms with Gasteiger partial charge in [-0.2, -0.15) is 4.98 Å². The van der Waals surface area contributed by atoms with Gasteiger partial charge >= 0.3 is 0 Å². The Bertz CT molecular complexity index is 638. The third-order valence-electron chi connectivity index (χ3n) is 3.30. The van der Waals surface area contributed by atoms with E-state index in [4.69, 9.17) is 9.26 Å². The number of benzene rings is 1. The molecule has 0 N–H and O–H groups in total. The van der Waals surface area contributed by atoms with Gasteiger partial charge in [-0.15, -0.1) is 0 Å². The quantitative estimate of drug-likeness (QED) is 0.796. The van der Waals surface area contributed by atoms with E-state index in [1.807, 2.05) is 0 Å². The summed E-state index contributed by atoms with van der Waals surface area (Å²) in [5.41, 5.74) is 0.530. The second-order valence-electron chi connectivity index (χ2n) is 4.76. The molecule has 110 valence electrons. The number of morpholine rings is 1. The van der Waals surface area contributed by atoms with Crippen molar-refractivity contribution >= 4 is 6.29 Å². The Hall–Kier alpha value is -2.12. The van der Waals surface area contributed by atoms with Crippen LogP contribution in [0.25, 0.3) is 11.4 Å². The summed E-state index contributed by atoms with van der Waals surface area (Å²) in [6, 6.07) is 4.03. The van der Waals surface area contributed by atoms with Crippen LogP contribution in [0.3, 0.4) is 0 Å². The lowest BCUT2D eigenvalue weighted by Gasteiger charge is -2.24. The van der Waals surface area contributed by atoms with Crippen LogP contribution in [-0.4, -0.2) is 47.6 Å². The van der Waals surface area contributed by atoms with Crippen LogP contribution >= 0.6 is 0 Å². The highest BCUT2D eigenvalue weighted by Gasteiger charge is 2.17. The van der Waals surface area contributed by atoms with Gasteiger partial charge in [-0.05, 0) is 18.2 Å². The minimum Gasteiger partial charge on any atom is -0.379 e. The number of halogens is 1. The van der Waals surface area contributed by atoms with E-state index in [-0.39, 0.29) is 11.4 Å². The fraction of sp³-hybridized carbons (Fsp3) is 0.357. The maximum Gasteiger partial charge on any atom is 0.241 e. The number of carbonyl (C=O) groups is 1. The van der Waals surface area contributed by atoms with Gasteiger partial charge < -0.3 is 9.26 Å². The highest BCUT2D eigenvalue weighted by atomic mass is 19.1.